The molecule has 0 amide bonds. The predicted octanol–water partition coefficient (Wildman–Crippen LogP) is 2.19. The summed E-state index contributed by atoms with van der Waals surface area (Å²) in [7, 11) is 1.99. The molecule has 1 fully saturated rings. The van der Waals surface area contributed by atoms with Gasteiger partial charge in [0.15, 0.2) is 0 Å². The van der Waals surface area contributed by atoms with Gasteiger partial charge in [0.2, 0.25) is 0 Å². The van der Waals surface area contributed by atoms with Crippen molar-refractivity contribution in [1.82, 2.24) is 9.78 Å². The number of aromatic nitrogens is 2. The van der Waals surface area contributed by atoms with E-state index in [9.17, 15) is 0 Å². The summed E-state index contributed by atoms with van der Waals surface area (Å²) in [5.74, 6) is 1.11. The fraction of sp³-hybridized carbons (Fsp3) is 0.769. The Morgan fingerprint density at radius 1 is 1.41 bits per heavy atom. The van der Waals surface area contributed by atoms with Crippen LogP contribution in [0.4, 0.5) is 11.5 Å². The summed E-state index contributed by atoms with van der Waals surface area (Å²) >= 11 is 0. The smallest absolute Gasteiger partial charge is 0.150 e. The van der Waals surface area contributed by atoms with E-state index in [2.05, 4.69) is 30.8 Å². The van der Waals surface area contributed by atoms with Gasteiger partial charge in [-0.25, -0.2) is 0 Å². The number of piperidine rings is 1. The summed E-state index contributed by atoms with van der Waals surface area (Å²) in [6, 6.07) is 0. The molecule has 0 atom stereocenters. The topological polar surface area (TPSA) is 47.1 Å². The molecule has 4 heteroatoms. The predicted molar refractivity (Wildman–Crippen MR) is 72.2 cm³/mol. The molecule has 17 heavy (non-hydrogen) atoms. The quantitative estimate of drug-likeness (QED) is 0.856. The summed E-state index contributed by atoms with van der Waals surface area (Å²) in [5.41, 5.74) is 8.47. The van der Waals surface area contributed by atoms with Gasteiger partial charge in [0, 0.05) is 20.1 Å². The van der Waals surface area contributed by atoms with Crippen LogP contribution in [0.15, 0.2) is 0 Å². The molecule has 2 rings (SSSR count). The van der Waals surface area contributed by atoms with Crippen molar-refractivity contribution in [2.24, 2.45) is 12.5 Å². The SMILES string of the molecule is CCc1nn(C)c(N2CCCC(C)(C)C2)c1N. The molecule has 0 spiro atoms. The van der Waals surface area contributed by atoms with Crippen molar-refractivity contribution in [3.05, 3.63) is 5.69 Å². The summed E-state index contributed by atoms with van der Waals surface area (Å²) in [6.45, 7) is 8.91. The first-order chi connectivity index (χ1) is 7.94. The zero-order valence-corrected chi connectivity index (χ0v) is 11.5. The van der Waals surface area contributed by atoms with Crippen molar-refractivity contribution in [2.45, 2.75) is 40.0 Å². The molecule has 1 aliphatic heterocycles. The molecular formula is C13H24N4. The van der Waals surface area contributed by atoms with Crippen LogP contribution in [0, 0.1) is 5.41 Å². The molecule has 0 saturated carbocycles. The number of nitrogens with zero attached hydrogens (tertiary/aromatic N) is 3. The summed E-state index contributed by atoms with van der Waals surface area (Å²) in [6.07, 6.45) is 3.43. The maximum absolute atomic E-state index is 6.21. The van der Waals surface area contributed by atoms with Crippen LogP contribution in [0.5, 0.6) is 0 Å². The van der Waals surface area contributed by atoms with Gasteiger partial charge in [-0.3, -0.25) is 4.68 Å². The van der Waals surface area contributed by atoms with Crippen LogP contribution >= 0.6 is 0 Å². The monoisotopic (exact) mass is 236 g/mol. The molecule has 2 N–H and O–H groups in total. The lowest BCUT2D eigenvalue weighted by Gasteiger charge is -2.39. The maximum Gasteiger partial charge on any atom is 0.150 e. The van der Waals surface area contributed by atoms with Crippen molar-refractivity contribution in [2.75, 3.05) is 23.7 Å². The van der Waals surface area contributed by atoms with E-state index in [-0.39, 0.29) is 0 Å². The minimum absolute atomic E-state index is 0.376. The van der Waals surface area contributed by atoms with Crippen LogP contribution < -0.4 is 10.6 Å². The van der Waals surface area contributed by atoms with Gasteiger partial charge in [-0.1, -0.05) is 20.8 Å². The van der Waals surface area contributed by atoms with Crippen LogP contribution in [0.2, 0.25) is 0 Å². The lowest BCUT2D eigenvalue weighted by atomic mass is 9.84. The minimum Gasteiger partial charge on any atom is -0.394 e. The average molecular weight is 236 g/mol. The summed E-state index contributed by atoms with van der Waals surface area (Å²) in [4.78, 5) is 2.39. The number of nitrogens with two attached hydrogens (primary N) is 1. The first kappa shape index (κ1) is 12.3. The lowest BCUT2D eigenvalue weighted by molar-refractivity contribution is 0.291. The molecule has 0 unspecified atom stereocenters. The van der Waals surface area contributed by atoms with Gasteiger partial charge in [-0.2, -0.15) is 5.10 Å². The fourth-order valence-electron chi connectivity index (χ4n) is 2.83. The number of rotatable bonds is 2. The van der Waals surface area contributed by atoms with Crippen LogP contribution in [0.1, 0.15) is 39.3 Å². The summed E-state index contributed by atoms with van der Waals surface area (Å²) in [5, 5.41) is 4.50. The van der Waals surface area contributed by atoms with Gasteiger partial charge in [0.25, 0.3) is 0 Å². The van der Waals surface area contributed by atoms with E-state index in [0.29, 0.717) is 5.41 Å². The molecule has 0 aliphatic carbocycles. The fourth-order valence-corrected chi connectivity index (χ4v) is 2.83. The standard InChI is InChI=1S/C13H24N4/c1-5-10-11(14)12(16(4)15-10)17-8-6-7-13(2,3)9-17/h5-9,14H2,1-4H3. The number of aryl methyl sites for hydroxylation is 2. The Balaban J connectivity index is 2.30. The Morgan fingerprint density at radius 2 is 2.12 bits per heavy atom. The highest BCUT2D eigenvalue weighted by molar-refractivity contribution is 5.66. The second kappa shape index (κ2) is 4.24. The highest BCUT2D eigenvalue weighted by Gasteiger charge is 2.29. The zero-order chi connectivity index (χ0) is 12.6. The van der Waals surface area contributed by atoms with Gasteiger partial charge in [0.1, 0.15) is 5.82 Å². The molecule has 4 nitrogen and oxygen atoms in total. The molecular weight excluding hydrogens is 212 g/mol. The Labute approximate surface area is 104 Å². The molecule has 1 aromatic rings. The maximum atomic E-state index is 6.21. The zero-order valence-electron chi connectivity index (χ0n) is 11.5. The van der Waals surface area contributed by atoms with E-state index < -0.39 is 0 Å². The normalized spacial score (nSPS) is 19.6. The van der Waals surface area contributed by atoms with Crippen LogP contribution in [0.25, 0.3) is 0 Å². The van der Waals surface area contributed by atoms with Crippen LogP contribution in [-0.4, -0.2) is 22.9 Å². The molecule has 2 heterocycles. The molecule has 0 bridgehead atoms. The Bertz CT molecular complexity index is 406. The van der Waals surface area contributed by atoms with E-state index >= 15 is 0 Å². The summed E-state index contributed by atoms with van der Waals surface area (Å²) < 4.78 is 1.94. The van der Waals surface area contributed by atoms with E-state index in [1.54, 1.807) is 0 Å². The van der Waals surface area contributed by atoms with E-state index in [1.807, 2.05) is 11.7 Å². The third kappa shape index (κ3) is 2.26. The third-order valence-corrected chi connectivity index (χ3v) is 3.66. The van der Waals surface area contributed by atoms with Gasteiger partial charge in [-0.05, 0) is 24.7 Å². The number of nitrogen functional groups attached to an aromatic ring is 1. The first-order valence-corrected chi connectivity index (χ1v) is 6.51. The molecule has 1 aliphatic rings. The Kier molecular flexibility index (Phi) is 3.06. The molecule has 0 aromatic carbocycles. The first-order valence-electron chi connectivity index (χ1n) is 6.51. The Hall–Kier alpha value is -1.19. The third-order valence-electron chi connectivity index (χ3n) is 3.66. The second-order valence-corrected chi connectivity index (χ2v) is 5.85. The highest BCUT2D eigenvalue weighted by Crippen LogP contribution is 2.34. The van der Waals surface area contributed by atoms with Crippen LogP contribution in [0.3, 0.4) is 0 Å². The lowest BCUT2D eigenvalue weighted by Crippen LogP contribution is -2.41. The molecule has 1 aromatic heterocycles. The Morgan fingerprint density at radius 3 is 2.65 bits per heavy atom. The highest BCUT2D eigenvalue weighted by atomic mass is 15.4. The van der Waals surface area contributed by atoms with Crippen LogP contribution in [-0.2, 0) is 13.5 Å². The second-order valence-electron chi connectivity index (χ2n) is 5.85. The number of anilines is 2. The van der Waals surface area contributed by atoms with Gasteiger partial charge >= 0.3 is 0 Å². The minimum atomic E-state index is 0.376. The van der Waals surface area contributed by atoms with Gasteiger partial charge < -0.3 is 10.6 Å². The number of hydrogen-bond donors (Lipinski definition) is 1. The average Bonchev–Trinajstić information content (AvgIpc) is 2.52. The largest absolute Gasteiger partial charge is 0.394 e. The van der Waals surface area contributed by atoms with E-state index in [1.165, 1.54) is 12.8 Å². The molecule has 1 saturated heterocycles. The van der Waals surface area contributed by atoms with E-state index in [0.717, 1.165) is 36.7 Å². The van der Waals surface area contributed by atoms with Gasteiger partial charge in [0.05, 0.1) is 11.4 Å². The van der Waals surface area contributed by atoms with Crippen molar-refractivity contribution < 1.29 is 0 Å². The van der Waals surface area contributed by atoms with Crippen molar-refractivity contribution in [1.29, 1.82) is 0 Å². The van der Waals surface area contributed by atoms with Gasteiger partial charge in [-0.15, -0.1) is 0 Å². The van der Waals surface area contributed by atoms with Crippen molar-refractivity contribution in [3.8, 4) is 0 Å². The van der Waals surface area contributed by atoms with Crippen molar-refractivity contribution >= 4 is 11.5 Å². The molecule has 96 valence electrons. The number of hydrogen-bond acceptors (Lipinski definition) is 3. The van der Waals surface area contributed by atoms with Crippen molar-refractivity contribution in [3.63, 3.8) is 0 Å². The van der Waals surface area contributed by atoms with E-state index in [4.69, 9.17) is 5.73 Å². The molecule has 0 radical (unpaired) electrons.